The Balaban J connectivity index is 2.51. The SMILES string of the molecule is CC1(C)CNc2cccc(S(C)(=O)=O)c2NC1. The van der Waals surface area contributed by atoms with Crippen molar-refractivity contribution in [2.24, 2.45) is 5.41 Å². The van der Waals surface area contributed by atoms with Gasteiger partial charge in [0.15, 0.2) is 9.84 Å². The van der Waals surface area contributed by atoms with Crippen LogP contribution in [0.2, 0.25) is 0 Å². The molecule has 2 rings (SSSR count). The Kier molecular flexibility index (Phi) is 2.81. The van der Waals surface area contributed by atoms with Crippen molar-refractivity contribution in [1.82, 2.24) is 0 Å². The quantitative estimate of drug-likeness (QED) is 0.804. The van der Waals surface area contributed by atoms with E-state index in [0.717, 1.165) is 18.8 Å². The van der Waals surface area contributed by atoms with E-state index in [1.165, 1.54) is 6.26 Å². The van der Waals surface area contributed by atoms with Gasteiger partial charge in [0.1, 0.15) is 0 Å². The lowest BCUT2D eigenvalue weighted by atomic mass is 9.94. The number of sulfone groups is 1. The van der Waals surface area contributed by atoms with E-state index in [0.29, 0.717) is 10.6 Å². The van der Waals surface area contributed by atoms with Gasteiger partial charge in [-0.1, -0.05) is 19.9 Å². The van der Waals surface area contributed by atoms with Gasteiger partial charge in [0.05, 0.1) is 16.3 Å². The highest BCUT2D eigenvalue weighted by Gasteiger charge is 2.25. The standard InChI is InChI=1S/C12H18N2O2S/c1-12(2)7-13-9-5-4-6-10(17(3,15)16)11(9)14-8-12/h4-6,13-14H,7-8H2,1-3H3. The molecule has 94 valence electrons. The second kappa shape index (κ2) is 3.91. The maximum Gasteiger partial charge on any atom is 0.177 e. The molecule has 0 atom stereocenters. The topological polar surface area (TPSA) is 58.2 Å². The van der Waals surface area contributed by atoms with E-state index in [4.69, 9.17) is 0 Å². The number of anilines is 2. The van der Waals surface area contributed by atoms with Gasteiger partial charge in [0, 0.05) is 19.3 Å². The lowest BCUT2D eigenvalue weighted by molar-refractivity contribution is 0.423. The first-order valence-corrected chi connectivity index (χ1v) is 7.50. The molecule has 0 spiro atoms. The van der Waals surface area contributed by atoms with Crippen molar-refractivity contribution in [3.63, 3.8) is 0 Å². The highest BCUT2D eigenvalue weighted by atomic mass is 32.2. The minimum Gasteiger partial charge on any atom is -0.383 e. The first-order valence-electron chi connectivity index (χ1n) is 5.60. The molecule has 4 nitrogen and oxygen atoms in total. The number of para-hydroxylation sites is 1. The largest absolute Gasteiger partial charge is 0.383 e. The van der Waals surface area contributed by atoms with E-state index < -0.39 is 9.84 Å². The van der Waals surface area contributed by atoms with Crippen LogP contribution in [0.4, 0.5) is 11.4 Å². The number of benzene rings is 1. The second-order valence-corrected chi connectivity index (χ2v) is 7.31. The third kappa shape index (κ3) is 2.54. The molecule has 0 unspecified atom stereocenters. The van der Waals surface area contributed by atoms with E-state index in [-0.39, 0.29) is 5.41 Å². The molecular formula is C12H18N2O2S. The third-order valence-corrected chi connectivity index (χ3v) is 4.07. The Labute approximate surface area is 102 Å². The van der Waals surface area contributed by atoms with Gasteiger partial charge in [-0.15, -0.1) is 0 Å². The maximum atomic E-state index is 11.7. The van der Waals surface area contributed by atoms with Crippen LogP contribution in [0.25, 0.3) is 0 Å². The van der Waals surface area contributed by atoms with Gasteiger partial charge in [0.25, 0.3) is 0 Å². The fraction of sp³-hybridized carbons (Fsp3) is 0.500. The predicted molar refractivity (Wildman–Crippen MR) is 70.3 cm³/mol. The summed E-state index contributed by atoms with van der Waals surface area (Å²) in [7, 11) is -3.20. The summed E-state index contributed by atoms with van der Waals surface area (Å²) >= 11 is 0. The Morgan fingerprint density at radius 2 is 1.82 bits per heavy atom. The Bertz CT molecular complexity index is 535. The summed E-state index contributed by atoms with van der Waals surface area (Å²) < 4.78 is 23.4. The molecule has 5 heteroatoms. The lowest BCUT2D eigenvalue weighted by Gasteiger charge is -2.21. The van der Waals surface area contributed by atoms with Crippen LogP contribution in [0.1, 0.15) is 13.8 Å². The van der Waals surface area contributed by atoms with Crippen molar-refractivity contribution in [2.45, 2.75) is 18.7 Å². The molecule has 2 N–H and O–H groups in total. The van der Waals surface area contributed by atoms with Crippen molar-refractivity contribution < 1.29 is 8.42 Å². The Morgan fingerprint density at radius 1 is 1.18 bits per heavy atom. The van der Waals surface area contributed by atoms with Crippen LogP contribution >= 0.6 is 0 Å². The second-order valence-electron chi connectivity index (χ2n) is 5.32. The fourth-order valence-electron chi connectivity index (χ4n) is 1.89. The molecule has 0 bridgehead atoms. The minimum atomic E-state index is -3.20. The number of rotatable bonds is 1. The summed E-state index contributed by atoms with van der Waals surface area (Å²) in [5, 5.41) is 6.55. The van der Waals surface area contributed by atoms with Crippen LogP contribution in [0.15, 0.2) is 23.1 Å². The monoisotopic (exact) mass is 254 g/mol. The van der Waals surface area contributed by atoms with Gasteiger partial charge < -0.3 is 10.6 Å². The zero-order valence-corrected chi connectivity index (χ0v) is 11.2. The molecule has 1 aromatic rings. The summed E-state index contributed by atoms with van der Waals surface area (Å²) in [4.78, 5) is 0.361. The summed E-state index contributed by atoms with van der Waals surface area (Å²) in [6.45, 7) is 5.84. The first kappa shape index (κ1) is 12.2. The van der Waals surface area contributed by atoms with Crippen LogP contribution in [-0.2, 0) is 9.84 Å². The fourth-order valence-corrected chi connectivity index (χ4v) is 2.77. The average Bonchev–Trinajstić information content (AvgIpc) is 2.36. The molecule has 1 aromatic carbocycles. The summed E-state index contributed by atoms with van der Waals surface area (Å²) in [5.41, 5.74) is 1.65. The molecule has 0 radical (unpaired) electrons. The van der Waals surface area contributed by atoms with Gasteiger partial charge in [0.2, 0.25) is 0 Å². The van der Waals surface area contributed by atoms with Crippen LogP contribution < -0.4 is 10.6 Å². The van der Waals surface area contributed by atoms with Crippen molar-refractivity contribution in [3.8, 4) is 0 Å². The normalized spacial score (nSPS) is 18.5. The maximum absolute atomic E-state index is 11.7. The molecule has 1 aliphatic rings. The van der Waals surface area contributed by atoms with Crippen molar-refractivity contribution in [3.05, 3.63) is 18.2 Å². The van der Waals surface area contributed by atoms with Gasteiger partial charge in [-0.2, -0.15) is 0 Å². The van der Waals surface area contributed by atoms with Crippen molar-refractivity contribution in [1.29, 1.82) is 0 Å². The van der Waals surface area contributed by atoms with Gasteiger partial charge in [-0.05, 0) is 17.5 Å². The summed E-state index contributed by atoms with van der Waals surface area (Å²) in [6.07, 6.45) is 1.24. The molecular weight excluding hydrogens is 236 g/mol. The molecule has 0 aromatic heterocycles. The van der Waals surface area contributed by atoms with E-state index >= 15 is 0 Å². The predicted octanol–water partition coefficient (Wildman–Crippen LogP) is 1.95. The smallest absolute Gasteiger partial charge is 0.177 e. The number of hydrogen-bond acceptors (Lipinski definition) is 4. The minimum absolute atomic E-state index is 0.0911. The summed E-state index contributed by atoms with van der Waals surface area (Å²) in [5.74, 6) is 0. The molecule has 1 aliphatic heterocycles. The van der Waals surface area contributed by atoms with Crippen LogP contribution in [0.3, 0.4) is 0 Å². The first-order chi connectivity index (χ1) is 7.80. The van der Waals surface area contributed by atoms with Crippen LogP contribution in [0.5, 0.6) is 0 Å². The van der Waals surface area contributed by atoms with Crippen LogP contribution in [-0.4, -0.2) is 27.8 Å². The van der Waals surface area contributed by atoms with E-state index in [9.17, 15) is 8.42 Å². The molecule has 17 heavy (non-hydrogen) atoms. The van der Waals surface area contributed by atoms with E-state index in [1.807, 2.05) is 6.07 Å². The average molecular weight is 254 g/mol. The summed E-state index contributed by atoms with van der Waals surface area (Å²) in [6, 6.07) is 5.31. The number of nitrogens with one attached hydrogen (secondary N) is 2. The van der Waals surface area contributed by atoms with E-state index in [1.54, 1.807) is 12.1 Å². The number of fused-ring (bicyclic) bond motifs is 1. The zero-order chi connectivity index (χ0) is 12.7. The molecule has 1 heterocycles. The molecule has 0 amide bonds. The molecule has 0 saturated heterocycles. The van der Waals surface area contributed by atoms with Crippen LogP contribution in [0, 0.1) is 5.41 Å². The van der Waals surface area contributed by atoms with Gasteiger partial charge in [-0.25, -0.2) is 8.42 Å². The Hall–Kier alpha value is -1.23. The number of hydrogen-bond donors (Lipinski definition) is 2. The highest BCUT2D eigenvalue weighted by Crippen LogP contribution is 2.34. The molecule has 0 fully saturated rings. The van der Waals surface area contributed by atoms with Gasteiger partial charge >= 0.3 is 0 Å². The van der Waals surface area contributed by atoms with Crippen molar-refractivity contribution >= 4 is 21.2 Å². The van der Waals surface area contributed by atoms with Crippen molar-refractivity contribution in [2.75, 3.05) is 30.0 Å². The third-order valence-electron chi connectivity index (χ3n) is 2.93. The zero-order valence-electron chi connectivity index (χ0n) is 10.4. The molecule has 0 saturated carbocycles. The van der Waals surface area contributed by atoms with E-state index in [2.05, 4.69) is 24.5 Å². The van der Waals surface area contributed by atoms with Gasteiger partial charge in [-0.3, -0.25) is 0 Å². The highest BCUT2D eigenvalue weighted by molar-refractivity contribution is 7.90. The Morgan fingerprint density at radius 3 is 2.47 bits per heavy atom. The molecule has 0 aliphatic carbocycles. The lowest BCUT2D eigenvalue weighted by Crippen LogP contribution is -2.28.